The Kier molecular flexibility index (Phi) is 4.11. The molecule has 3 heteroatoms. The molecule has 0 heterocycles. The molecular formula is C11H16BrNO. The van der Waals surface area contributed by atoms with Crippen LogP contribution in [0.25, 0.3) is 0 Å². The van der Waals surface area contributed by atoms with Crippen LogP contribution < -0.4 is 5.73 Å². The normalized spacial score (nSPS) is 15.6. The highest BCUT2D eigenvalue weighted by atomic mass is 79.9. The lowest BCUT2D eigenvalue weighted by atomic mass is 9.94. The van der Waals surface area contributed by atoms with Crippen molar-refractivity contribution in [3.63, 3.8) is 0 Å². The molecule has 0 aromatic heterocycles. The predicted molar refractivity (Wildman–Crippen MR) is 61.9 cm³/mol. The van der Waals surface area contributed by atoms with Gasteiger partial charge in [-0.05, 0) is 23.6 Å². The highest BCUT2D eigenvalue weighted by Gasteiger charge is 2.19. The molecule has 0 aliphatic carbocycles. The SMILES string of the molecule is CC(C)[C@H](N)[C@H](O)c1cccc(Br)c1. The van der Waals surface area contributed by atoms with Gasteiger partial charge in [0.05, 0.1) is 6.10 Å². The Bertz CT molecular complexity index is 301. The van der Waals surface area contributed by atoms with Crippen LogP contribution in [0.2, 0.25) is 0 Å². The Hall–Kier alpha value is -0.380. The van der Waals surface area contributed by atoms with Crippen LogP contribution in [0.5, 0.6) is 0 Å². The Morgan fingerprint density at radius 2 is 2.00 bits per heavy atom. The van der Waals surface area contributed by atoms with E-state index in [0.717, 1.165) is 10.0 Å². The Morgan fingerprint density at radius 1 is 1.36 bits per heavy atom. The van der Waals surface area contributed by atoms with E-state index < -0.39 is 6.10 Å². The molecule has 1 aromatic carbocycles. The Labute approximate surface area is 93.3 Å². The second kappa shape index (κ2) is 4.91. The van der Waals surface area contributed by atoms with E-state index in [0.29, 0.717) is 0 Å². The smallest absolute Gasteiger partial charge is 0.0943 e. The topological polar surface area (TPSA) is 46.2 Å². The summed E-state index contributed by atoms with van der Waals surface area (Å²) in [4.78, 5) is 0. The van der Waals surface area contributed by atoms with Crippen LogP contribution in [0.4, 0.5) is 0 Å². The number of nitrogens with two attached hydrogens (primary N) is 1. The fourth-order valence-corrected chi connectivity index (χ4v) is 1.69. The highest BCUT2D eigenvalue weighted by Crippen LogP contribution is 2.22. The zero-order valence-corrected chi connectivity index (χ0v) is 10.0. The summed E-state index contributed by atoms with van der Waals surface area (Å²) in [6.07, 6.45) is -0.590. The molecule has 0 fully saturated rings. The van der Waals surface area contributed by atoms with Gasteiger partial charge in [-0.1, -0.05) is 41.9 Å². The standard InChI is InChI=1S/C11H16BrNO/c1-7(2)10(13)11(14)8-4-3-5-9(12)6-8/h3-7,10-11,14H,13H2,1-2H3/t10-,11+/m0/s1. The van der Waals surface area contributed by atoms with Crippen molar-refractivity contribution in [3.8, 4) is 0 Å². The first-order valence-corrected chi connectivity index (χ1v) is 5.50. The third kappa shape index (κ3) is 2.80. The molecule has 2 nitrogen and oxygen atoms in total. The van der Waals surface area contributed by atoms with Crippen LogP contribution in [0, 0.1) is 5.92 Å². The van der Waals surface area contributed by atoms with Crippen LogP contribution in [0.3, 0.4) is 0 Å². The van der Waals surface area contributed by atoms with Crippen LogP contribution >= 0.6 is 15.9 Å². The third-order valence-electron chi connectivity index (χ3n) is 2.32. The van der Waals surface area contributed by atoms with Crippen molar-refractivity contribution in [2.75, 3.05) is 0 Å². The molecule has 2 atom stereocenters. The highest BCUT2D eigenvalue weighted by molar-refractivity contribution is 9.10. The minimum Gasteiger partial charge on any atom is -0.387 e. The van der Waals surface area contributed by atoms with E-state index in [2.05, 4.69) is 15.9 Å². The number of hydrogen-bond donors (Lipinski definition) is 2. The summed E-state index contributed by atoms with van der Waals surface area (Å²) < 4.78 is 0.963. The van der Waals surface area contributed by atoms with Crippen molar-refractivity contribution >= 4 is 15.9 Å². The average molecular weight is 258 g/mol. The first-order valence-electron chi connectivity index (χ1n) is 4.71. The molecule has 3 N–H and O–H groups in total. The van der Waals surface area contributed by atoms with E-state index in [1.54, 1.807) is 0 Å². The number of hydrogen-bond acceptors (Lipinski definition) is 2. The van der Waals surface area contributed by atoms with E-state index in [9.17, 15) is 5.11 Å². The van der Waals surface area contributed by atoms with E-state index >= 15 is 0 Å². The van der Waals surface area contributed by atoms with Gasteiger partial charge >= 0.3 is 0 Å². The lowest BCUT2D eigenvalue weighted by molar-refractivity contribution is 0.125. The molecule has 14 heavy (non-hydrogen) atoms. The molecule has 0 spiro atoms. The Balaban J connectivity index is 2.83. The fraction of sp³-hybridized carbons (Fsp3) is 0.455. The van der Waals surface area contributed by atoms with Gasteiger partial charge in [-0.15, -0.1) is 0 Å². The summed E-state index contributed by atoms with van der Waals surface area (Å²) >= 11 is 3.36. The lowest BCUT2D eigenvalue weighted by Gasteiger charge is -2.22. The van der Waals surface area contributed by atoms with Gasteiger partial charge in [0.15, 0.2) is 0 Å². The maximum Gasteiger partial charge on any atom is 0.0943 e. The molecule has 1 rings (SSSR count). The summed E-state index contributed by atoms with van der Waals surface area (Å²) in [5.41, 5.74) is 6.74. The van der Waals surface area contributed by atoms with Crippen molar-refractivity contribution in [2.45, 2.75) is 26.0 Å². The summed E-state index contributed by atoms with van der Waals surface area (Å²) in [7, 11) is 0. The number of rotatable bonds is 3. The molecule has 78 valence electrons. The average Bonchev–Trinajstić information content (AvgIpc) is 2.15. The number of halogens is 1. The van der Waals surface area contributed by atoms with E-state index in [1.165, 1.54) is 0 Å². The fourth-order valence-electron chi connectivity index (χ4n) is 1.28. The zero-order chi connectivity index (χ0) is 10.7. The van der Waals surface area contributed by atoms with E-state index in [4.69, 9.17) is 5.73 Å². The first-order chi connectivity index (χ1) is 6.52. The maximum absolute atomic E-state index is 9.94. The van der Waals surface area contributed by atoms with Gasteiger partial charge in [-0.3, -0.25) is 0 Å². The lowest BCUT2D eigenvalue weighted by Crippen LogP contribution is -2.33. The summed E-state index contributed by atoms with van der Waals surface area (Å²) in [5, 5.41) is 9.94. The third-order valence-corrected chi connectivity index (χ3v) is 2.82. The molecule has 0 aliphatic heterocycles. The van der Waals surface area contributed by atoms with Crippen LogP contribution in [0.1, 0.15) is 25.5 Å². The molecule has 0 radical (unpaired) electrons. The van der Waals surface area contributed by atoms with E-state index in [-0.39, 0.29) is 12.0 Å². The molecule has 0 saturated carbocycles. The first kappa shape index (κ1) is 11.7. The van der Waals surface area contributed by atoms with Gasteiger partial charge in [0.1, 0.15) is 0 Å². The van der Waals surface area contributed by atoms with Crippen molar-refractivity contribution < 1.29 is 5.11 Å². The second-order valence-electron chi connectivity index (χ2n) is 3.82. The zero-order valence-electron chi connectivity index (χ0n) is 8.44. The van der Waals surface area contributed by atoms with Gasteiger partial charge in [-0.25, -0.2) is 0 Å². The summed E-state index contributed by atoms with van der Waals surface area (Å²) in [6, 6.07) is 7.39. The molecule has 0 aliphatic rings. The largest absolute Gasteiger partial charge is 0.387 e. The summed E-state index contributed by atoms with van der Waals surface area (Å²) in [5.74, 6) is 0.268. The van der Waals surface area contributed by atoms with Gasteiger partial charge < -0.3 is 10.8 Å². The van der Waals surface area contributed by atoms with Gasteiger partial charge in [0.2, 0.25) is 0 Å². The molecule has 0 unspecified atom stereocenters. The van der Waals surface area contributed by atoms with Crippen molar-refractivity contribution in [3.05, 3.63) is 34.3 Å². The molecule has 1 aromatic rings. The van der Waals surface area contributed by atoms with Crippen LogP contribution in [-0.4, -0.2) is 11.1 Å². The number of benzene rings is 1. The second-order valence-corrected chi connectivity index (χ2v) is 4.74. The molecule has 0 amide bonds. The minimum absolute atomic E-state index is 0.218. The van der Waals surface area contributed by atoms with Gasteiger partial charge in [-0.2, -0.15) is 0 Å². The number of aliphatic hydroxyl groups excluding tert-OH is 1. The predicted octanol–water partition coefficient (Wildman–Crippen LogP) is 2.47. The summed E-state index contributed by atoms with van der Waals surface area (Å²) in [6.45, 7) is 4.01. The van der Waals surface area contributed by atoms with Gasteiger partial charge in [0, 0.05) is 10.5 Å². The Morgan fingerprint density at radius 3 is 2.50 bits per heavy atom. The maximum atomic E-state index is 9.94. The quantitative estimate of drug-likeness (QED) is 0.874. The van der Waals surface area contributed by atoms with E-state index in [1.807, 2.05) is 38.1 Å². The van der Waals surface area contributed by atoms with Crippen molar-refractivity contribution in [1.29, 1.82) is 0 Å². The van der Waals surface area contributed by atoms with Crippen LogP contribution in [-0.2, 0) is 0 Å². The van der Waals surface area contributed by atoms with Crippen molar-refractivity contribution in [1.82, 2.24) is 0 Å². The van der Waals surface area contributed by atoms with Crippen LogP contribution in [0.15, 0.2) is 28.7 Å². The monoisotopic (exact) mass is 257 g/mol. The number of aliphatic hydroxyl groups is 1. The van der Waals surface area contributed by atoms with Gasteiger partial charge in [0.25, 0.3) is 0 Å². The molecular weight excluding hydrogens is 242 g/mol. The van der Waals surface area contributed by atoms with Crippen molar-refractivity contribution in [2.24, 2.45) is 11.7 Å². The molecule has 0 bridgehead atoms. The molecule has 0 saturated heterocycles. The minimum atomic E-state index is -0.590.